The Morgan fingerprint density at radius 1 is 0.842 bits per heavy atom. The summed E-state index contributed by atoms with van der Waals surface area (Å²) < 4.78 is 5.31. The van der Waals surface area contributed by atoms with E-state index in [1.54, 1.807) is 0 Å². The third kappa shape index (κ3) is 46.8. The molecule has 0 spiro atoms. The van der Waals surface area contributed by atoms with E-state index in [4.69, 9.17) is 20.1 Å². The molecule has 0 unspecified atom stereocenters. The molecule has 19 heavy (non-hydrogen) atoms. The maximum atomic E-state index is 8.17. The number of rotatable bonds is 8. The quantitative estimate of drug-likeness (QED) is 0.471. The van der Waals surface area contributed by atoms with Crippen molar-refractivity contribution in [1.29, 1.82) is 0 Å². The van der Waals surface area contributed by atoms with Crippen LogP contribution in [0.1, 0.15) is 39.5 Å². The van der Waals surface area contributed by atoms with Crippen LogP contribution in [0.25, 0.3) is 0 Å². The van der Waals surface area contributed by atoms with E-state index in [9.17, 15) is 0 Å². The number of hydrogen-bond acceptors (Lipinski definition) is 4. The van der Waals surface area contributed by atoms with Crippen molar-refractivity contribution < 1.29 is 20.1 Å². The van der Waals surface area contributed by atoms with E-state index in [1.807, 2.05) is 0 Å². The molecule has 0 aromatic heterocycles. The number of aliphatic hydroxyl groups excluding tert-OH is 3. The lowest BCUT2D eigenvalue weighted by Crippen LogP contribution is -2.15. The molecule has 4 heteroatoms. The highest BCUT2D eigenvalue weighted by Crippen LogP contribution is 1.91. The average Bonchev–Trinajstić information content (AvgIpc) is 2.51. The molecule has 0 bridgehead atoms. The summed E-state index contributed by atoms with van der Waals surface area (Å²) in [5.74, 6) is 0. The second kappa shape index (κ2) is 36.0. The Kier molecular flexibility index (Phi) is 50.8. The third-order valence-corrected chi connectivity index (χ3v) is 1.71. The Morgan fingerprint density at radius 2 is 1.16 bits per heavy atom. The molecule has 0 fully saturated rings. The van der Waals surface area contributed by atoms with Gasteiger partial charge in [-0.25, -0.2) is 0 Å². The van der Waals surface area contributed by atoms with Crippen LogP contribution in [0.15, 0.2) is 26.3 Å². The lowest BCUT2D eigenvalue weighted by atomic mass is 10.3. The molecule has 118 valence electrons. The molecule has 0 amide bonds. The van der Waals surface area contributed by atoms with Gasteiger partial charge in [-0.05, 0) is 12.8 Å². The molecule has 0 aromatic rings. The van der Waals surface area contributed by atoms with Gasteiger partial charge >= 0.3 is 0 Å². The van der Waals surface area contributed by atoms with Crippen LogP contribution in [0.4, 0.5) is 0 Å². The molecule has 0 rings (SSSR count). The van der Waals surface area contributed by atoms with Crippen molar-refractivity contribution in [2.45, 2.75) is 45.6 Å². The summed E-state index contributed by atoms with van der Waals surface area (Å²) in [5.41, 5.74) is 0. The predicted octanol–water partition coefficient (Wildman–Crippen LogP) is 2.54. The second-order valence-electron chi connectivity index (χ2n) is 3.34. The van der Waals surface area contributed by atoms with Gasteiger partial charge < -0.3 is 20.1 Å². The molecule has 0 atom stereocenters. The first kappa shape index (κ1) is 26.8. The van der Waals surface area contributed by atoms with Gasteiger partial charge in [0, 0.05) is 13.2 Å². The van der Waals surface area contributed by atoms with E-state index in [2.05, 4.69) is 40.2 Å². The maximum Gasteiger partial charge on any atom is 0.100 e. The van der Waals surface area contributed by atoms with Crippen LogP contribution in [0.3, 0.4) is 0 Å². The highest BCUT2D eigenvalue weighted by Gasteiger charge is 1.93. The van der Waals surface area contributed by atoms with Crippen LogP contribution >= 0.6 is 0 Å². The standard InChI is InChI=1S/C8H18O.C3H8O3.2C2H4/c1-3-5-7-9-8-6-4-2;4-1-3(6)2-5;2*1-2/h3-8H2,1-2H3;3-6H,1-2H2;2*1-2H2. The molecule has 0 aromatic carbocycles. The van der Waals surface area contributed by atoms with Gasteiger partial charge in [0.15, 0.2) is 0 Å². The molecule has 0 aliphatic heterocycles. The number of ether oxygens (including phenoxy) is 1. The van der Waals surface area contributed by atoms with E-state index >= 15 is 0 Å². The van der Waals surface area contributed by atoms with Gasteiger partial charge in [-0.2, -0.15) is 0 Å². The molecule has 0 aliphatic carbocycles. The summed E-state index contributed by atoms with van der Waals surface area (Å²) in [5, 5.41) is 24.0. The van der Waals surface area contributed by atoms with Crippen molar-refractivity contribution in [3.05, 3.63) is 26.3 Å². The Bertz CT molecular complexity index is 109. The molecule has 0 radical (unpaired) electrons. The average molecular weight is 278 g/mol. The monoisotopic (exact) mass is 278 g/mol. The van der Waals surface area contributed by atoms with Gasteiger partial charge in [0.2, 0.25) is 0 Å². The van der Waals surface area contributed by atoms with E-state index in [0.29, 0.717) is 0 Å². The molecule has 0 saturated carbocycles. The van der Waals surface area contributed by atoms with Crippen molar-refractivity contribution in [2.24, 2.45) is 0 Å². The van der Waals surface area contributed by atoms with Crippen molar-refractivity contribution in [3.63, 3.8) is 0 Å². The minimum atomic E-state index is -0.954. The fourth-order valence-electron chi connectivity index (χ4n) is 0.653. The van der Waals surface area contributed by atoms with E-state index in [1.165, 1.54) is 25.7 Å². The molecule has 0 heterocycles. The van der Waals surface area contributed by atoms with Crippen LogP contribution in [0, 0.1) is 0 Å². The van der Waals surface area contributed by atoms with Crippen LogP contribution in [-0.2, 0) is 4.74 Å². The highest BCUT2D eigenvalue weighted by atomic mass is 16.5. The molecule has 4 nitrogen and oxygen atoms in total. The van der Waals surface area contributed by atoms with E-state index in [0.717, 1.165) is 13.2 Å². The maximum absolute atomic E-state index is 8.17. The number of unbranched alkanes of at least 4 members (excludes halogenated alkanes) is 2. The summed E-state index contributed by atoms with van der Waals surface area (Å²) in [6.07, 6.45) is 3.95. The zero-order valence-corrected chi connectivity index (χ0v) is 12.8. The summed E-state index contributed by atoms with van der Waals surface area (Å²) in [4.78, 5) is 0. The van der Waals surface area contributed by atoms with Crippen LogP contribution in [-0.4, -0.2) is 47.9 Å². The van der Waals surface area contributed by atoms with E-state index < -0.39 is 6.10 Å². The third-order valence-electron chi connectivity index (χ3n) is 1.71. The summed E-state index contributed by atoms with van der Waals surface area (Å²) in [6.45, 7) is 17.5. The first-order valence-electron chi connectivity index (χ1n) is 6.70. The van der Waals surface area contributed by atoms with Gasteiger partial charge in [-0.1, -0.05) is 26.7 Å². The molecule has 0 saturated heterocycles. The zero-order valence-electron chi connectivity index (χ0n) is 12.8. The van der Waals surface area contributed by atoms with Crippen LogP contribution in [0.2, 0.25) is 0 Å². The zero-order chi connectivity index (χ0) is 15.9. The normalized spacial score (nSPS) is 8.32. The molecular formula is C15H34O4. The van der Waals surface area contributed by atoms with E-state index in [-0.39, 0.29) is 13.2 Å². The number of aliphatic hydroxyl groups is 3. The van der Waals surface area contributed by atoms with Crippen LogP contribution in [0.5, 0.6) is 0 Å². The predicted molar refractivity (Wildman–Crippen MR) is 83.3 cm³/mol. The lowest BCUT2D eigenvalue weighted by Gasteiger charge is -1.99. The minimum absolute atomic E-state index is 0.365. The van der Waals surface area contributed by atoms with Crippen molar-refractivity contribution >= 4 is 0 Å². The minimum Gasteiger partial charge on any atom is -0.394 e. The smallest absolute Gasteiger partial charge is 0.100 e. The Hall–Kier alpha value is -0.680. The molecule has 0 aliphatic rings. The number of hydrogen-bond donors (Lipinski definition) is 3. The van der Waals surface area contributed by atoms with Gasteiger partial charge in [-0.15, -0.1) is 26.3 Å². The fourth-order valence-corrected chi connectivity index (χ4v) is 0.653. The second-order valence-corrected chi connectivity index (χ2v) is 3.34. The Balaban J connectivity index is -0.0000000977. The van der Waals surface area contributed by atoms with Gasteiger partial charge in [0.1, 0.15) is 6.10 Å². The van der Waals surface area contributed by atoms with Gasteiger partial charge in [0.05, 0.1) is 13.2 Å². The highest BCUT2D eigenvalue weighted by molar-refractivity contribution is 4.44. The lowest BCUT2D eigenvalue weighted by molar-refractivity contribution is 0.0450. The molecular weight excluding hydrogens is 244 g/mol. The first-order valence-corrected chi connectivity index (χ1v) is 6.70. The van der Waals surface area contributed by atoms with Gasteiger partial charge in [0.25, 0.3) is 0 Å². The van der Waals surface area contributed by atoms with Gasteiger partial charge in [-0.3, -0.25) is 0 Å². The van der Waals surface area contributed by atoms with Crippen molar-refractivity contribution in [2.75, 3.05) is 26.4 Å². The van der Waals surface area contributed by atoms with Crippen LogP contribution < -0.4 is 0 Å². The fraction of sp³-hybridized carbons (Fsp3) is 0.733. The topological polar surface area (TPSA) is 69.9 Å². The Labute approximate surface area is 119 Å². The summed E-state index contributed by atoms with van der Waals surface area (Å²) >= 11 is 0. The van der Waals surface area contributed by atoms with Crippen molar-refractivity contribution in [3.8, 4) is 0 Å². The first-order chi connectivity index (χ1) is 9.22. The molecule has 3 N–H and O–H groups in total. The Morgan fingerprint density at radius 3 is 1.32 bits per heavy atom. The summed E-state index contributed by atoms with van der Waals surface area (Å²) in [6, 6.07) is 0. The van der Waals surface area contributed by atoms with Crippen molar-refractivity contribution in [1.82, 2.24) is 0 Å². The largest absolute Gasteiger partial charge is 0.394 e. The SMILES string of the molecule is C=C.C=C.CCCCOCCCC.OCC(O)CO. The summed E-state index contributed by atoms with van der Waals surface area (Å²) in [7, 11) is 0.